The molecule has 1 unspecified atom stereocenters. The second kappa shape index (κ2) is 7.99. The van der Waals surface area contributed by atoms with Gasteiger partial charge in [-0.15, -0.1) is 0 Å². The summed E-state index contributed by atoms with van der Waals surface area (Å²) in [4.78, 5) is 4.48. The second-order valence-electron chi connectivity index (χ2n) is 6.14. The number of nitrogens with one attached hydrogen (secondary N) is 1. The van der Waals surface area contributed by atoms with Crippen LogP contribution in [0, 0.1) is 5.92 Å². The Bertz CT molecular complexity index is 516. The minimum absolute atomic E-state index is 0.580. The smallest absolute Gasteiger partial charge is 0.139 e. The summed E-state index contributed by atoms with van der Waals surface area (Å²) in [5.74, 6) is 1.83. The van der Waals surface area contributed by atoms with Crippen molar-refractivity contribution < 1.29 is 0 Å². The van der Waals surface area contributed by atoms with Gasteiger partial charge in [-0.25, -0.2) is 4.98 Å². The van der Waals surface area contributed by atoms with Crippen LogP contribution in [0.25, 0.3) is 11.4 Å². The number of hydrogen-bond donors (Lipinski definition) is 1. The molecule has 1 heterocycles. The van der Waals surface area contributed by atoms with Gasteiger partial charge in [-0.05, 0) is 25.7 Å². The van der Waals surface area contributed by atoms with E-state index in [4.69, 9.17) is 0 Å². The molecule has 1 aromatic carbocycles. The van der Waals surface area contributed by atoms with Crippen LogP contribution in [0.5, 0.6) is 0 Å². The Balaban J connectivity index is 1.83. The van der Waals surface area contributed by atoms with E-state index in [1.54, 1.807) is 0 Å². The van der Waals surface area contributed by atoms with Crippen LogP contribution in [0.1, 0.15) is 33.6 Å². The minimum atomic E-state index is 0.580. The number of imidazole rings is 1. The molecule has 114 valence electrons. The topological polar surface area (TPSA) is 29.9 Å². The van der Waals surface area contributed by atoms with Crippen LogP contribution < -0.4 is 5.32 Å². The zero-order valence-corrected chi connectivity index (χ0v) is 13.4. The van der Waals surface area contributed by atoms with E-state index < -0.39 is 0 Å². The van der Waals surface area contributed by atoms with E-state index in [9.17, 15) is 0 Å². The van der Waals surface area contributed by atoms with Crippen molar-refractivity contribution in [1.29, 1.82) is 0 Å². The highest BCUT2D eigenvalue weighted by Crippen LogP contribution is 2.16. The van der Waals surface area contributed by atoms with Gasteiger partial charge >= 0.3 is 0 Å². The standard InChI is InChI=1S/C18H27N3/c1-15(2)9-10-16(3)19-11-13-21-14-12-20-18(21)17-7-5-4-6-8-17/h4-8,12,14-16,19H,9-11,13H2,1-3H3. The summed E-state index contributed by atoms with van der Waals surface area (Å²) in [5, 5.41) is 3.61. The predicted octanol–water partition coefficient (Wildman–Crippen LogP) is 3.96. The van der Waals surface area contributed by atoms with E-state index in [0.29, 0.717) is 6.04 Å². The summed E-state index contributed by atoms with van der Waals surface area (Å²) in [6, 6.07) is 10.9. The quantitative estimate of drug-likeness (QED) is 0.795. The highest BCUT2D eigenvalue weighted by molar-refractivity contribution is 5.55. The summed E-state index contributed by atoms with van der Waals surface area (Å²) >= 11 is 0. The summed E-state index contributed by atoms with van der Waals surface area (Å²) in [6.07, 6.45) is 6.47. The molecule has 1 aromatic heterocycles. The lowest BCUT2D eigenvalue weighted by Gasteiger charge is -2.16. The first kappa shape index (κ1) is 15.8. The van der Waals surface area contributed by atoms with Crippen LogP contribution in [-0.2, 0) is 6.54 Å². The van der Waals surface area contributed by atoms with Crippen LogP contribution >= 0.6 is 0 Å². The highest BCUT2D eigenvalue weighted by atomic mass is 15.1. The van der Waals surface area contributed by atoms with Crippen LogP contribution in [0.4, 0.5) is 0 Å². The molecule has 2 aromatic rings. The molecule has 0 bridgehead atoms. The van der Waals surface area contributed by atoms with Crippen LogP contribution in [0.2, 0.25) is 0 Å². The molecule has 0 aliphatic heterocycles. The molecule has 0 saturated carbocycles. The van der Waals surface area contributed by atoms with E-state index in [2.05, 4.69) is 66.1 Å². The number of hydrogen-bond acceptors (Lipinski definition) is 2. The molecular formula is C18H27N3. The van der Waals surface area contributed by atoms with Crippen molar-refractivity contribution in [2.75, 3.05) is 6.54 Å². The van der Waals surface area contributed by atoms with Gasteiger partial charge in [0.15, 0.2) is 0 Å². The Kier molecular flexibility index (Phi) is 6.00. The van der Waals surface area contributed by atoms with Gasteiger partial charge in [-0.3, -0.25) is 0 Å². The SMILES string of the molecule is CC(C)CCC(C)NCCn1ccnc1-c1ccccc1. The molecule has 0 radical (unpaired) electrons. The number of nitrogens with zero attached hydrogens (tertiary/aromatic N) is 2. The van der Waals surface area contributed by atoms with Crippen LogP contribution in [0.15, 0.2) is 42.7 Å². The van der Waals surface area contributed by atoms with E-state index in [0.717, 1.165) is 24.8 Å². The fraction of sp³-hybridized carbons (Fsp3) is 0.500. The minimum Gasteiger partial charge on any atom is -0.330 e. The Morgan fingerprint density at radius 1 is 1.10 bits per heavy atom. The van der Waals surface area contributed by atoms with Gasteiger partial charge in [0.25, 0.3) is 0 Å². The maximum atomic E-state index is 4.48. The van der Waals surface area contributed by atoms with Crippen molar-refractivity contribution in [3.05, 3.63) is 42.7 Å². The lowest BCUT2D eigenvalue weighted by atomic mass is 10.0. The normalized spacial score (nSPS) is 12.8. The van der Waals surface area contributed by atoms with Crippen molar-refractivity contribution in [1.82, 2.24) is 14.9 Å². The Morgan fingerprint density at radius 3 is 2.57 bits per heavy atom. The molecule has 1 N–H and O–H groups in total. The summed E-state index contributed by atoms with van der Waals surface area (Å²) in [5.41, 5.74) is 1.18. The lowest BCUT2D eigenvalue weighted by Crippen LogP contribution is -2.29. The molecule has 21 heavy (non-hydrogen) atoms. The molecule has 0 fully saturated rings. The highest BCUT2D eigenvalue weighted by Gasteiger charge is 2.06. The maximum absolute atomic E-state index is 4.48. The van der Waals surface area contributed by atoms with Crippen molar-refractivity contribution in [3.8, 4) is 11.4 Å². The Labute approximate surface area is 128 Å². The average Bonchev–Trinajstić information content (AvgIpc) is 2.94. The van der Waals surface area contributed by atoms with E-state index in [1.807, 2.05) is 12.3 Å². The number of benzene rings is 1. The lowest BCUT2D eigenvalue weighted by molar-refractivity contribution is 0.442. The molecule has 3 nitrogen and oxygen atoms in total. The summed E-state index contributed by atoms with van der Waals surface area (Å²) in [6.45, 7) is 8.77. The molecule has 1 atom stereocenters. The van der Waals surface area contributed by atoms with Crippen LogP contribution in [-0.4, -0.2) is 22.1 Å². The van der Waals surface area contributed by atoms with E-state index in [1.165, 1.54) is 18.4 Å². The molecule has 0 aliphatic carbocycles. The Hall–Kier alpha value is -1.61. The largest absolute Gasteiger partial charge is 0.330 e. The van der Waals surface area contributed by atoms with E-state index in [-0.39, 0.29) is 0 Å². The molecule has 0 saturated heterocycles. The summed E-state index contributed by atoms with van der Waals surface area (Å²) in [7, 11) is 0. The van der Waals surface area contributed by atoms with Crippen molar-refractivity contribution in [2.45, 2.75) is 46.2 Å². The zero-order valence-electron chi connectivity index (χ0n) is 13.4. The monoisotopic (exact) mass is 285 g/mol. The third-order valence-electron chi connectivity index (χ3n) is 3.77. The first-order valence-electron chi connectivity index (χ1n) is 7.96. The van der Waals surface area contributed by atoms with Gasteiger partial charge in [0.2, 0.25) is 0 Å². The maximum Gasteiger partial charge on any atom is 0.139 e. The van der Waals surface area contributed by atoms with Gasteiger partial charge in [0, 0.05) is 37.1 Å². The van der Waals surface area contributed by atoms with Crippen molar-refractivity contribution in [3.63, 3.8) is 0 Å². The number of rotatable bonds is 8. The molecule has 0 amide bonds. The van der Waals surface area contributed by atoms with Crippen molar-refractivity contribution in [2.24, 2.45) is 5.92 Å². The number of aromatic nitrogens is 2. The van der Waals surface area contributed by atoms with E-state index >= 15 is 0 Å². The third kappa shape index (κ3) is 5.01. The van der Waals surface area contributed by atoms with Gasteiger partial charge < -0.3 is 9.88 Å². The van der Waals surface area contributed by atoms with Gasteiger partial charge in [0.1, 0.15) is 5.82 Å². The molecule has 3 heteroatoms. The predicted molar refractivity (Wildman–Crippen MR) is 89.2 cm³/mol. The average molecular weight is 285 g/mol. The van der Waals surface area contributed by atoms with Crippen LogP contribution in [0.3, 0.4) is 0 Å². The zero-order chi connectivity index (χ0) is 15.1. The molecule has 0 aliphatic rings. The first-order chi connectivity index (χ1) is 10.2. The molecule has 0 spiro atoms. The first-order valence-corrected chi connectivity index (χ1v) is 7.96. The third-order valence-corrected chi connectivity index (χ3v) is 3.77. The summed E-state index contributed by atoms with van der Waals surface area (Å²) < 4.78 is 2.22. The van der Waals surface area contributed by atoms with Gasteiger partial charge in [-0.1, -0.05) is 44.2 Å². The van der Waals surface area contributed by atoms with Gasteiger partial charge in [-0.2, -0.15) is 0 Å². The fourth-order valence-corrected chi connectivity index (χ4v) is 2.45. The second-order valence-corrected chi connectivity index (χ2v) is 6.14. The molecule has 2 rings (SSSR count). The fourth-order valence-electron chi connectivity index (χ4n) is 2.45. The van der Waals surface area contributed by atoms with Gasteiger partial charge in [0.05, 0.1) is 0 Å². The molecular weight excluding hydrogens is 258 g/mol. The Morgan fingerprint density at radius 2 is 1.86 bits per heavy atom. The van der Waals surface area contributed by atoms with Crippen molar-refractivity contribution >= 4 is 0 Å².